The molecule has 3 aromatic rings. The molecule has 0 aliphatic rings. The Hall–Kier alpha value is -3.93. The molecule has 0 spiro atoms. The molecule has 3 aromatic carbocycles. The van der Waals surface area contributed by atoms with Crippen LogP contribution in [0.25, 0.3) is 0 Å². The predicted octanol–water partition coefficient (Wildman–Crippen LogP) is 3.56. The smallest absolute Gasteiger partial charge is 0.338 e. The highest BCUT2D eigenvalue weighted by molar-refractivity contribution is 5.96. The highest BCUT2D eigenvalue weighted by Crippen LogP contribution is 2.14. The van der Waals surface area contributed by atoms with Crippen LogP contribution in [-0.2, 0) is 22.6 Å². The molecule has 2 N–H and O–H groups in total. The minimum atomic E-state index is -0.976. The summed E-state index contributed by atoms with van der Waals surface area (Å²) in [4.78, 5) is 38.5. The minimum absolute atomic E-state index is 0.238. The van der Waals surface area contributed by atoms with Crippen LogP contribution < -0.4 is 5.73 Å². The van der Waals surface area contributed by atoms with Gasteiger partial charge in [-0.2, -0.15) is 0 Å². The van der Waals surface area contributed by atoms with Crippen molar-refractivity contribution in [3.8, 4) is 0 Å². The molecular weight excluding hydrogens is 392 g/mol. The molecule has 158 valence electrons. The van der Waals surface area contributed by atoms with Gasteiger partial charge in [0.15, 0.2) is 6.10 Å². The molecular formula is C25H24N2O4. The molecule has 31 heavy (non-hydrogen) atoms. The van der Waals surface area contributed by atoms with Gasteiger partial charge < -0.3 is 15.4 Å². The van der Waals surface area contributed by atoms with Crippen LogP contribution in [0.2, 0.25) is 0 Å². The van der Waals surface area contributed by atoms with Crippen LogP contribution in [0.15, 0.2) is 84.9 Å². The van der Waals surface area contributed by atoms with E-state index in [0.717, 1.165) is 11.1 Å². The number of carbonyl (C=O) groups excluding carboxylic acids is 3. The number of hydrogen-bond donors (Lipinski definition) is 1. The maximum Gasteiger partial charge on any atom is 0.338 e. The molecule has 0 saturated heterocycles. The molecule has 0 aliphatic heterocycles. The lowest BCUT2D eigenvalue weighted by Crippen LogP contribution is -2.39. The van der Waals surface area contributed by atoms with E-state index in [4.69, 9.17) is 10.5 Å². The van der Waals surface area contributed by atoms with E-state index in [1.165, 1.54) is 24.3 Å². The maximum atomic E-state index is 13.1. The van der Waals surface area contributed by atoms with E-state index in [1.54, 1.807) is 11.8 Å². The number of benzene rings is 3. The van der Waals surface area contributed by atoms with E-state index in [-0.39, 0.29) is 17.0 Å². The predicted molar refractivity (Wildman–Crippen MR) is 117 cm³/mol. The first-order chi connectivity index (χ1) is 14.9. The van der Waals surface area contributed by atoms with Crippen molar-refractivity contribution >= 4 is 17.8 Å². The Morgan fingerprint density at radius 2 is 1.23 bits per heavy atom. The van der Waals surface area contributed by atoms with E-state index in [1.807, 2.05) is 60.7 Å². The summed E-state index contributed by atoms with van der Waals surface area (Å²) >= 11 is 0. The standard InChI is InChI=1S/C25H24N2O4/c1-18(31-25(30)22-14-12-21(13-15-22)23(26)28)24(29)27(16-19-8-4-2-5-9-19)17-20-10-6-3-7-11-20/h2-15,18H,16-17H2,1H3,(H2,26,28). The zero-order chi connectivity index (χ0) is 22.2. The topological polar surface area (TPSA) is 89.7 Å². The van der Waals surface area contributed by atoms with Gasteiger partial charge >= 0.3 is 5.97 Å². The normalized spacial score (nSPS) is 11.4. The van der Waals surface area contributed by atoms with E-state index in [9.17, 15) is 14.4 Å². The van der Waals surface area contributed by atoms with Gasteiger partial charge in [-0.25, -0.2) is 4.79 Å². The van der Waals surface area contributed by atoms with Gasteiger partial charge in [0.05, 0.1) is 5.56 Å². The molecule has 0 aromatic heterocycles. The van der Waals surface area contributed by atoms with Gasteiger partial charge in [-0.15, -0.1) is 0 Å². The Bertz CT molecular complexity index is 993. The third-order valence-electron chi connectivity index (χ3n) is 4.78. The fourth-order valence-corrected chi connectivity index (χ4v) is 3.13. The number of carbonyl (C=O) groups is 3. The molecule has 1 atom stereocenters. The number of rotatable bonds is 8. The number of ether oxygens (including phenoxy) is 1. The monoisotopic (exact) mass is 416 g/mol. The van der Waals surface area contributed by atoms with Crippen molar-refractivity contribution < 1.29 is 19.1 Å². The molecule has 0 heterocycles. The Morgan fingerprint density at radius 1 is 0.774 bits per heavy atom. The van der Waals surface area contributed by atoms with Crippen molar-refractivity contribution in [2.45, 2.75) is 26.1 Å². The van der Waals surface area contributed by atoms with Crippen LogP contribution >= 0.6 is 0 Å². The molecule has 1 unspecified atom stereocenters. The lowest BCUT2D eigenvalue weighted by Gasteiger charge is -2.26. The summed E-state index contributed by atoms with van der Waals surface area (Å²) in [5.41, 5.74) is 7.70. The first kappa shape index (κ1) is 21.8. The first-order valence-electron chi connectivity index (χ1n) is 9.91. The summed E-state index contributed by atoms with van der Waals surface area (Å²) in [5.74, 6) is -1.52. The van der Waals surface area contributed by atoms with Gasteiger partial charge in [-0.3, -0.25) is 9.59 Å². The lowest BCUT2D eigenvalue weighted by atomic mass is 10.1. The fraction of sp³-hybridized carbons (Fsp3) is 0.160. The van der Waals surface area contributed by atoms with Crippen molar-refractivity contribution in [1.82, 2.24) is 4.90 Å². The molecule has 0 fully saturated rings. The summed E-state index contributed by atoms with van der Waals surface area (Å²) in [7, 11) is 0. The van der Waals surface area contributed by atoms with Gasteiger partial charge in [-0.05, 0) is 42.3 Å². The van der Waals surface area contributed by atoms with Crippen LogP contribution in [0.3, 0.4) is 0 Å². The summed E-state index contributed by atoms with van der Waals surface area (Å²) in [5, 5.41) is 0. The Labute approximate surface area is 181 Å². The van der Waals surface area contributed by atoms with Crippen LogP contribution in [-0.4, -0.2) is 28.8 Å². The highest BCUT2D eigenvalue weighted by Gasteiger charge is 2.25. The molecule has 0 saturated carbocycles. The zero-order valence-corrected chi connectivity index (χ0v) is 17.2. The second-order valence-electron chi connectivity index (χ2n) is 7.15. The van der Waals surface area contributed by atoms with Crippen molar-refractivity contribution in [3.63, 3.8) is 0 Å². The minimum Gasteiger partial charge on any atom is -0.449 e. The van der Waals surface area contributed by atoms with E-state index >= 15 is 0 Å². The molecule has 2 amide bonds. The van der Waals surface area contributed by atoms with Crippen molar-refractivity contribution in [2.75, 3.05) is 0 Å². The fourth-order valence-electron chi connectivity index (χ4n) is 3.13. The average Bonchev–Trinajstić information content (AvgIpc) is 2.79. The van der Waals surface area contributed by atoms with E-state index in [2.05, 4.69) is 0 Å². The van der Waals surface area contributed by atoms with Crippen LogP contribution in [0.5, 0.6) is 0 Å². The van der Waals surface area contributed by atoms with Crippen LogP contribution in [0.4, 0.5) is 0 Å². The third kappa shape index (κ3) is 6.02. The van der Waals surface area contributed by atoms with Gasteiger partial charge in [0.2, 0.25) is 5.91 Å². The zero-order valence-electron chi connectivity index (χ0n) is 17.2. The average molecular weight is 416 g/mol. The molecule has 0 aliphatic carbocycles. The molecule has 0 radical (unpaired) electrons. The number of hydrogen-bond acceptors (Lipinski definition) is 4. The van der Waals surface area contributed by atoms with Gasteiger partial charge in [0.1, 0.15) is 0 Å². The summed E-state index contributed by atoms with van der Waals surface area (Å²) < 4.78 is 5.41. The van der Waals surface area contributed by atoms with Gasteiger partial charge in [-0.1, -0.05) is 60.7 Å². The summed E-state index contributed by atoms with van der Waals surface area (Å²) in [6.07, 6.45) is -0.976. The highest BCUT2D eigenvalue weighted by atomic mass is 16.5. The summed E-state index contributed by atoms with van der Waals surface area (Å²) in [6.45, 7) is 2.34. The molecule has 0 bridgehead atoms. The van der Waals surface area contributed by atoms with E-state index in [0.29, 0.717) is 13.1 Å². The number of nitrogens with zero attached hydrogens (tertiary/aromatic N) is 1. The van der Waals surface area contributed by atoms with Crippen molar-refractivity contribution in [2.24, 2.45) is 5.73 Å². The first-order valence-corrected chi connectivity index (χ1v) is 9.91. The van der Waals surface area contributed by atoms with E-state index < -0.39 is 18.0 Å². The SMILES string of the molecule is CC(OC(=O)c1ccc(C(N)=O)cc1)C(=O)N(Cc1ccccc1)Cc1ccccc1. The van der Waals surface area contributed by atoms with Crippen molar-refractivity contribution in [1.29, 1.82) is 0 Å². The Kier molecular flexibility index (Phi) is 7.17. The van der Waals surface area contributed by atoms with Crippen LogP contribution in [0.1, 0.15) is 38.8 Å². The summed E-state index contributed by atoms with van der Waals surface area (Å²) in [6, 6.07) is 25.1. The van der Waals surface area contributed by atoms with Crippen molar-refractivity contribution in [3.05, 3.63) is 107 Å². The van der Waals surface area contributed by atoms with Gasteiger partial charge in [0, 0.05) is 18.7 Å². The third-order valence-corrected chi connectivity index (χ3v) is 4.78. The largest absolute Gasteiger partial charge is 0.449 e. The number of amides is 2. The molecule has 3 rings (SSSR count). The Morgan fingerprint density at radius 3 is 1.68 bits per heavy atom. The molecule has 6 heteroatoms. The number of nitrogens with two attached hydrogens (primary N) is 1. The second-order valence-corrected chi connectivity index (χ2v) is 7.15. The quantitative estimate of drug-likeness (QED) is 0.569. The van der Waals surface area contributed by atoms with Crippen LogP contribution in [0, 0.1) is 0 Å². The van der Waals surface area contributed by atoms with Gasteiger partial charge in [0.25, 0.3) is 5.91 Å². The second kappa shape index (κ2) is 10.2. The number of esters is 1. The number of primary amides is 1. The molecule has 6 nitrogen and oxygen atoms in total. The Balaban J connectivity index is 1.72. The maximum absolute atomic E-state index is 13.1. The lowest BCUT2D eigenvalue weighted by molar-refractivity contribution is -0.141.